The molecule has 0 aliphatic heterocycles. The molecule has 1 aliphatic rings. The first-order valence-corrected chi connectivity index (χ1v) is 4.64. The Bertz CT molecular complexity index is 341. The van der Waals surface area contributed by atoms with Crippen molar-refractivity contribution >= 4 is 11.5 Å². The van der Waals surface area contributed by atoms with Crippen molar-refractivity contribution in [2.75, 3.05) is 5.32 Å². The largest absolute Gasteiger partial charge is 0.409 e. The van der Waals surface area contributed by atoms with Crippen LogP contribution in [0.2, 0.25) is 0 Å². The van der Waals surface area contributed by atoms with Crippen molar-refractivity contribution in [3.8, 4) is 0 Å². The maximum absolute atomic E-state index is 8.46. The summed E-state index contributed by atoms with van der Waals surface area (Å²) in [6.07, 6.45) is 2.50. The summed E-state index contributed by atoms with van der Waals surface area (Å²) >= 11 is 0. The van der Waals surface area contributed by atoms with Gasteiger partial charge in [-0.05, 0) is 37.1 Å². The highest BCUT2D eigenvalue weighted by molar-refractivity contribution is 5.97. The van der Waals surface area contributed by atoms with Crippen LogP contribution in [0.25, 0.3) is 0 Å². The van der Waals surface area contributed by atoms with Crippen LogP contribution in [-0.4, -0.2) is 17.1 Å². The number of benzene rings is 1. The summed E-state index contributed by atoms with van der Waals surface area (Å²) < 4.78 is 0. The molecule has 0 unspecified atom stereocenters. The predicted molar refractivity (Wildman–Crippen MR) is 55.6 cm³/mol. The minimum Gasteiger partial charge on any atom is -0.409 e. The smallest absolute Gasteiger partial charge is 0.170 e. The van der Waals surface area contributed by atoms with E-state index in [1.54, 1.807) is 0 Å². The zero-order valence-electron chi connectivity index (χ0n) is 7.77. The average molecular weight is 191 g/mol. The quantitative estimate of drug-likeness (QED) is 0.292. The lowest BCUT2D eigenvalue weighted by molar-refractivity contribution is 0.318. The van der Waals surface area contributed by atoms with Crippen LogP contribution in [0.4, 0.5) is 5.69 Å². The van der Waals surface area contributed by atoms with E-state index in [2.05, 4.69) is 10.5 Å². The standard InChI is InChI=1S/C10H13N3O/c11-10(13-14)7-1-3-8(4-2-7)12-9-5-6-9/h1-4,9,12,14H,5-6H2,(H2,11,13). The second-order valence-corrected chi connectivity index (χ2v) is 3.48. The van der Waals surface area contributed by atoms with Crippen LogP contribution >= 0.6 is 0 Å². The number of hydrogen-bond acceptors (Lipinski definition) is 3. The van der Waals surface area contributed by atoms with Gasteiger partial charge in [-0.1, -0.05) is 5.16 Å². The lowest BCUT2D eigenvalue weighted by Crippen LogP contribution is -2.12. The number of nitrogens with one attached hydrogen (secondary N) is 1. The molecule has 1 fully saturated rings. The molecule has 0 atom stereocenters. The molecule has 4 N–H and O–H groups in total. The van der Waals surface area contributed by atoms with E-state index in [0.717, 1.165) is 11.3 Å². The first-order chi connectivity index (χ1) is 6.79. The Morgan fingerprint density at radius 3 is 2.50 bits per heavy atom. The van der Waals surface area contributed by atoms with Gasteiger partial charge in [0.25, 0.3) is 0 Å². The number of oxime groups is 1. The van der Waals surface area contributed by atoms with E-state index in [-0.39, 0.29) is 5.84 Å². The van der Waals surface area contributed by atoms with Gasteiger partial charge in [0, 0.05) is 17.3 Å². The van der Waals surface area contributed by atoms with Gasteiger partial charge >= 0.3 is 0 Å². The normalized spacial score (nSPS) is 16.7. The number of rotatable bonds is 3. The van der Waals surface area contributed by atoms with Crippen molar-refractivity contribution < 1.29 is 5.21 Å². The Hall–Kier alpha value is -1.71. The zero-order valence-corrected chi connectivity index (χ0v) is 7.77. The monoisotopic (exact) mass is 191 g/mol. The second kappa shape index (κ2) is 3.57. The van der Waals surface area contributed by atoms with Crippen LogP contribution in [0.15, 0.2) is 29.4 Å². The fourth-order valence-corrected chi connectivity index (χ4v) is 1.26. The molecule has 0 amide bonds. The summed E-state index contributed by atoms with van der Waals surface area (Å²) in [6, 6.07) is 8.18. The molecular weight excluding hydrogens is 178 g/mol. The minimum absolute atomic E-state index is 0.142. The van der Waals surface area contributed by atoms with Crippen LogP contribution < -0.4 is 11.1 Å². The molecule has 1 aromatic carbocycles. The summed E-state index contributed by atoms with van der Waals surface area (Å²) in [5, 5.41) is 14.8. The second-order valence-electron chi connectivity index (χ2n) is 3.48. The molecule has 0 bridgehead atoms. The number of anilines is 1. The third-order valence-electron chi connectivity index (χ3n) is 2.24. The molecule has 0 spiro atoms. The molecule has 1 saturated carbocycles. The molecule has 2 rings (SSSR count). The number of amidine groups is 1. The van der Waals surface area contributed by atoms with Gasteiger partial charge in [0.1, 0.15) is 0 Å². The van der Waals surface area contributed by atoms with Gasteiger partial charge in [0.05, 0.1) is 0 Å². The Balaban J connectivity index is 2.08. The molecular formula is C10H13N3O. The van der Waals surface area contributed by atoms with Crippen LogP contribution in [0, 0.1) is 0 Å². The molecule has 1 aromatic rings. The van der Waals surface area contributed by atoms with Crippen molar-refractivity contribution in [2.24, 2.45) is 10.9 Å². The van der Waals surface area contributed by atoms with Gasteiger partial charge in [-0.15, -0.1) is 0 Å². The van der Waals surface area contributed by atoms with Gasteiger partial charge in [0.15, 0.2) is 5.84 Å². The first kappa shape index (κ1) is 8.87. The van der Waals surface area contributed by atoms with Crippen molar-refractivity contribution in [1.82, 2.24) is 0 Å². The van der Waals surface area contributed by atoms with E-state index in [4.69, 9.17) is 10.9 Å². The summed E-state index contributed by atoms with van der Waals surface area (Å²) in [6.45, 7) is 0. The lowest BCUT2D eigenvalue weighted by atomic mass is 10.2. The predicted octanol–water partition coefficient (Wildman–Crippen LogP) is 1.36. The molecule has 0 radical (unpaired) electrons. The van der Waals surface area contributed by atoms with Crippen molar-refractivity contribution in [1.29, 1.82) is 0 Å². The molecule has 0 heterocycles. The van der Waals surface area contributed by atoms with Crippen molar-refractivity contribution in [3.05, 3.63) is 29.8 Å². The van der Waals surface area contributed by atoms with Crippen LogP contribution in [0.1, 0.15) is 18.4 Å². The maximum atomic E-state index is 8.46. The highest BCUT2D eigenvalue weighted by Crippen LogP contribution is 2.24. The van der Waals surface area contributed by atoms with E-state index < -0.39 is 0 Å². The molecule has 14 heavy (non-hydrogen) atoms. The third kappa shape index (κ3) is 1.96. The Morgan fingerprint density at radius 1 is 1.36 bits per heavy atom. The van der Waals surface area contributed by atoms with Gasteiger partial charge in [-0.25, -0.2) is 0 Å². The number of nitrogens with two attached hydrogens (primary N) is 1. The van der Waals surface area contributed by atoms with Crippen LogP contribution in [0.5, 0.6) is 0 Å². The van der Waals surface area contributed by atoms with E-state index >= 15 is 0 Å². The van der Waals surface area contributed by atoms with E-state index in [1.807, 2.05) is 24.3 Å². The third-order valence-corrected chi connectivity index (χ3v) is 2.24. The molecule has 0 aromatic heterocycles. The SMILES string of the molecule is N/C(=N/O)c1ccc(NC2CC2)cc1. The number of nitrogens with zero attached hydrogens (tertiary/aromatic N) is 1. The van der Waals surface area contributed by atoms with E-state index in [0.29, 0.717) is 6.04 Å². The molecule has 74 valence electrons. The highest BCUT2D eigenvalue weighted by atomic mass is 16.4. The van der Waals surface area contributed by atoms with Gasteiger partial charge in [0.2, 0.25) is 0 Å². The fourth-order valence-electron chi connectivity index (χ4n) is 1.26. The summed E-state index contributed by atoms with van der Waals surface area (Å²) in [7, 11) is 0. The van der Waals surface area contributed by atoms with Gasteiger partial charge < -0.3 is 16.3 Å². The summed E-state index contributed by atoms with van der Waals surface area (Å²) in [5.74, 6) is 0.142. The summed E-state index contributed by atoms with van der Waals surface area (Å²) in [5.41, 5.74) is 7.25. The average Bonchev–Trinajstić information content (AvgIpc) is 3.02. The molecule has 1 aliphatic carbocycles. The Kier molecular flexibility index (Phi) is 2.26. The highest BCUT2D eigenvalue weighted by Gasteiger charge is 2.20. The maximum Gasteiger partial charge on any atom is 0.170 e. The molecule has 0 saturated heterocycles. The first-order valence-electron chi connectivity index (χ1n) is 4.64. The van der Waals surface area contributed by atoms with Crippen molar-refractivity contribution in [3.63, 3.8) is 0 Å². The van der Waals surface area contributed by atoms with Crippen LogP contribution in [-0.2, 0) is 0 Å². The van der Waals surface area contributed by atoms with Crippen LogP contribution in [0.3, 0.4) is 0 Å². The van der Waals surface area contributed by atoms with E-state index in [1.165, 1.54) is 12.8 Å². The lowest BCUT2D eigenvalue weighted by Gasteiger charge is -2.04. The summed E-state index contributed by atoms with van der Waals surface area (Å²) in [4.78, 5) is 0. The Morgan fingerprint density at radius 2 is 2.00 bits per heavy atom. The van der Waals surface area contributed by atoms with E-state index in [9.17, 15) is 0 Å². The fraction of sp³-hybridized carbons (Fsp3) is 0.300. The minimum atomic E-state index is 0.142. The topological polar surface area (TPSA) is 70.6 Å². The van der Waals surface area contributed by atoms with Crippen molar-refractivity contribution in [2.45, 2.75) is 18.9 Å². The molecule has 4 heteroatoms. The number of hydrogen-bond donors (Lipinski definition) is 3. The molecule has 4 nitrogen and oxygen atoms in total. The van der Waals surface area contributed by atoms with Gasteiger partial charge in [-0.2, -0.15) is 0 Å². The van der Waals surface area contributed by atoms with Gasteiger partial charge in [-0.3, -0.25) is 0 Å². The zero-order chi connectivity index (χ0) is 9.97. The Labute approximate surface area is 82.4 Å².